The quantitative estimate of drug-likeness (QED) is 0.896. The normalized spacial score (nSPS) is 21.6. The Morgan fingerprint density at radius 1 is 1.52 bits per heavy atom. The fourth-order valence-electron chi connectivity index (χ4n) is 2.69. The smallest absolute Gasteiger partial charge is 0.227 e. The van der Waals surface area contributed by atoms with Gasteiger partial charge in [-0.1, -0.05) is 6.07 Å². The molecule has 1 fully saturated rings. The number of nitrogens with zero attached hydrogens (tertiary/aromatic N) is 1. The molecule has 1 saturated heterocycles. The lowest BCUT2D eigenvalue weighted by Gasteiger charge is -2.24. The third kappa shape index (κ3) is 3.69. The van der Waals surface area contributed by atoms with Crippen molar-refractivity contribution >= 4 is 5.91 Å². The van der Waals surface area contributed by atoms with Gasteiger partial charge in [-0.25, -0.2) is 8.78 Å². The molecule has 4 nitrogen and oxygen atoms in total. The Kier molecular flexibility index (Phi) is 5.12. The summed E-state index contributed by atoms with van der Waals surface area (Å²) >= 11 is 0. The monoisotopic (exact) mass is 298 g/mol. The highest BCUT2D eigenvalue weighted by molar-refractivity contribution is 5.79. The van der Waals surface area contributed by atoms with Crippen LogP contribution in [-0.4, -0.2) is 50.3 Å². The summed E-state index contributed by atoms with van der Waals surface area (Å²) in [6.07, 6.45) is -0.572. The van der Waals surface area contributed by atoms with Crippen molar-refractivity contribution in [3.8, 4) is 5.75 Å². The van der Waals surface area contributed by atoms with Gasteiger partial charge in [-0.2, -0.15) is 0 Å². The fraction of sp³-hybridized carbons (Fsp3) is 0.533. The maximum atomic E-state index is 13.6. The number of methoxy groups -OCH3 is 1. The van der Waals surface area contributed by atoms with E-state index in [1.54, 1.807) is 18.0 Å². The molecule has 2 rings (SSSR count). The molecular weight excluding hydrogens is 278 g/mol. The Hall–Kier alpha value is -1.69. The van der Waals surface area contributed by atoms with Crippen LogP contribution >= 0.6 is 0 Å². The molecule has 2 atom stereocenters. The molecular formula is C15H20F2N2O2. The minimum Gasteiger partial charge on any atom is -0.494 e. The van der Waals surface area contributed by atoms with E-state index in [4.69, 9.17) is 4.74 Å². The maximum absolute atomic E-state index is 13.6. The van der Waals surface area contributed by atoms with Crippen molar-refractivity contribution in [2.75, 3.05) is 27.2 Å². The molecule has 0 aromatic heterocycles. The van der Waals surface area contributed by atoms with Crippen LogP contribution in [0.25, 0.3) is 0 Å². The number of alkyl halides is 1. The summed E-state index contributed by atoms with van der Waals surface area (Å²) in [6, 6.07) is 4.29. The molecule has 21 heavy (non-hydrogen) atoms. The third-order valence-corrected chi connectivity index (χ3v) is 3.70. The van der Waals surface area contributed by atoms with E-state index in [2.05, 4.69) is 5.32 Å². The number of hydrogen-bond donors (Lipinski definition) is 1. The summed E-state index contributed by atoms with van der Waals surface area (Å²) in [6.45, 7) is 0.674. The minimum atomic E-state index is -0.986. The lowest BCUT2D eigenvalue weighted by molar-refractivity contribution is -0.131. The molecule has 0 aliphatic carbocycles. The number of likely N-dealkylation sites (N-methyl/N-ethyl adjacent to an activating group) is 1. The van der Waals surface area contributed by atoms with Gasteiger partial charge in [-0.3, -0.25) is 4.79 Å². The van der Waals surface area contributed by atoms with E-state index in [9.17, 15) is 13.6 Å². The molecule has 1 amide bonds. The van der Waals surface area contributed by atoms with Gasteiger partial charge in [-0.05, 0) is 24.7 Å². The van der Waals surface area contributed by atoms with Crippen molar-refractivity contribution < 1.29 is 18.3 Å². The van der Waals surface area contributed by atoms with Crippen LogP contribution < -0.4 is 10.1 Å². The van der Waals surface area contributed by atoms with Gasteiger partial charge >= 0.3 is 0 Å². The molecule has 1 N–H and O–H groups in total. The summed E-state index contributed by atoms with van der Waals surface area (Å²) in [5.74, 6) is -0.538. The van der Waals surface area contributed by atoms with Crippen LogP contribution in [0.2, 0.25) is 0 Å². The summed E-state index contributed by atoms with van der Waals surface area (Å²) in [7, 11) is 3.16. The zero-order valence-electron chi connectivity index (χ0n) is 12.2. The molecule has 1 aromatic carbocycles. The van der Waals surface area contributed by atoms with E-state index in [1.165, 1.54) is 19.2 Å². The SMILES string of the molecule is CNC[C@@H]1C[C@H](F)CN1C(=O)Cc1ccc(OC)c(F)c1. The first kappa shape index (κ1) is 15.7. The molecule has 1 aliphatic rings. The maximum Gasteiger partial charge on any atom is 0.227 e. The van der Waals surface area contributed by atoms with Crippen molar-refractivity contribution in [3.05, 3.63) is 29.6 Å². The van der Waals surface area contributed by atoms with Crippen molar-refractivity contribution in [2.45, 2.75) is 25.1 Å². The second-order valence-corrected chi connectivity index (χ2v) is 5.24. The van der Waals surface area contributed by atoms with Gasteiger partial charge in [0.05, 0.1) is 20.1 Å². The second kappa shape index (κ2) is 6.85. The molecule has 0 radical (unpaired) electrons. The van der Waals surface area contributed by atoms with Crippen LogP contribution in [0.5, 0.6) is 5.75 Å². The number of rotatable bonds is 5. The van der Waals surface area contributed by atoms with E-state index < -0.39 is 12.0 Å². The number of ether oxygens (including phenoxy) is 1. The number of likely N-dealkylation sites (tertiary alicyclic amines) is 1. The standard InChI is InChI=1S/C15H20F2N2O2/c1-18-8-12-7-11(16)9-19(12)15(20)6-10-3-4-14(21-2)13(17)5-10/h3-5,11-12,18H,6-9H2,1-2H3/t11-,12-/m0/s1. The molecule has 1 aromatic rings. The number of carbonyl (C=O) groups is 1. The van der Waals surface area contributed by atoms with E-state index in [1.807, 2.05) is 0 Å². The molecule has 0 unspecified atom stereocenters. The van der Waals surface area contributed by atoms with E-state index >= 15 is 0 Å². The summed E-state index contributed by atoms with van der Waals surface area (Å²) in [5, 5.41) is 2.97. The van der Waals surface area contributed by atoms with Crippen molar-refractivity contribution in [1.82, 2.24) is 10.2 Å². The topological polar surface area (TPSA) is 41.6 Å². The van der Waals surface area contributed by atoms with Crippen molar-refractivity contribution in [2.24, 2.45) is 0 Å². The Balaban J connectivity index is 2.05. The van der Waals surface area contributed by atoms with Gasteiger partial charge in [-0.15, -0.1) is 0 Å². The van der Waals surface area contributed by atoms with E-state index in [0.29, 0.717) is 18.5 Å². The third-order valence-electron chi connectivity index (χ3n) is 3.70. The van der Waals surface area contributed by atoms with E-state index in [0.717, 1.165) is 0 Å². The van der Waals surface area contributed by atoms with Gasteiger partial charge in [0, 0.05) is 19.0 Å². The van der Waals surface area contributed by atoms with E-state index in [-0.39, 0.29) is 30.7 Å². The van der Waals surface area contributed by atoms with Gasteiger partial charge in [0.1, 0.15) is 6.17 Å². The highest BCUT2D eigenvalue weighted by Gasteiger charge is 2.34. The van der Waals surface area contributed by atoms with Gasteiger partial charge < -0.3 is 15.0 Å². The van der Waals surface area contributed by atoms with Gasteiger partial charge in [0.15, 0.2) is 11.6 Å². The lowest BCUT2D eigenvalue weighted by atomic mass is 10.1. The average Bonchev–Trinajstić information content (AvgIpc) is 2.80. The molecule has 1 aliphatic heterocycles. The van der Waals surface area contributed by atoms with Crippen LogP contribution in [0.1, 0.15) is 12.0 Å². The second-order valence-electron chi connectivity index (χ2n) is 5.24. The number of amides is 1. The Bertz CT molecular complexity index is 510. The highest BCUT2D eigenvalue weighted by Crippen LogP contribution is 2.22. The van der Waals surface area contributed by atoms with Crippen LogP contribution in [-0.2, 0) is 11.2 Å². The Morgan fingerprint density at radius 2 is 2.29 bits per heavy atom. The number of hydrogen-bond acceptors (Lipinski definition) is 3. The molecule has 0 bridgehead atoms. The molecule has 116 valence electrons. The number of halogens is 2. The molecule has 0 spiro atoms. The lowest BCUT2D eigenvalue weighted by Crippen LogP contribution is -2.41. The fourth-order valence-corrected chi connectivity index (χ4v) is 2.69. The summed E-state index contributed by atoms with van der Waals surface area (Å²) in [5.41, 5.74) is 0.559. The first-order chi connectivity index (χ1) is 10.0. The largest absolute Gasteiger partial charge is 0.494 e. The molecule has 0 saturated carbocycles. The highest BCUT2D eigenvalue weighted by atomic mass is 19.1. The zero-order valence-corrected chi connectivity index (χ0v) is 12.2. The number of benzene rings is 1. The molecule has 1 heterocycles. The predicted octanol–water partition coefficient (Wildman–Crippen LogP) is 1.54. The van der Waals surface area contributed by atoms with Crippen LogP contribution in [0, 0.1) is 5.82 Å². The zero-order chi connectivity index (χ0) is 15.4. The average molecular weight is 298 g/mol. The predicted molar refractivity (Wildman–Crippen MR) is 75.6 cm³/mol. The van der Waals surface area contributed by atoms with Gasteiger partial charge in [0.25, 0.3) is 0 Å². The number of carbonyl (C=O) groups excluding carboxylic acids is 1. The van der Waals surface area contributed by atoms with Gasteiger partial charge in [0.2, 0.25) is 5.91 Å². The number of nitrogens with one attached hydrogen (secondary N) is 1. The Morgan fingerprint density at radius 3 is 2.90 bits per heavy atom. The summed E-state index contributed by atoms with van der Waals surface area (Å²) < 4.78 is 32.0. The van der Waals surface area contributed by atoms with Crippen LogP contribution in [0.3, 0.4) is 0 Å². The minimum absolute atomic E-state index is 0.0633. The first-order valence-corrected chi connectivity index (χ1v) is 6.95. The Labute approximate surface area is 123 Å². The van der Waals surface area contributed by atoms with Crippen molar-refractivity contribution in [1.29, 1.82) is 0 Å². The molecule has 6 heteroatoms. The van der Waals surface area contributed by atoms with Crippen molar-refractivity contribution in [3.63, 3.8) is 0 Å². The first-order valence-electron chi connectivity index (χ1n) is 6.95. The van der Waals surface area contributed by atoms with Crippen LogP contribution in [0.15, 0.2) is 18.2 Å². The summed E-state index contributed by atoms with van der Waals surface area (Å²) in [4.78, 5) is 13.8. The van der Waals surface area contributed by atoms with Crippen LogP contribution in [0.4, 0.5) is 8.78 Å².